The van der Waals surface area contributed by atoms with Crippen molar-refractivity contribution in [2.24, 2.45) is 0 Å². The van der Waals surface area contributed by atoms with Gasteiger partial charge >= 0.3 is 5.97 Å². The van der Waals surface area contributed by atoms with Gasteiger partial charge in [-0.1, -0.05) is 24.3 Å². The van der Waals surface area contributed by atoms with E-state index in [0.717, 1.165) is 11.3 Å². The van der Waals surface area contributed by atoms with E-state index in [1.807, 2.05) is 12.1 Å². The molecule has 80 valence electrons. The van der Waals surface area contributed by atoms with Gasteiger partial charge in [0.15, 0.2) is 0 Å². The summed E-state index contributed by atoms with van der Waals surface area (Å²) in [5.74, 6) is -0.746. The normalized spacial score (nSPS) is 26.5. The number of anilines is 1. The van der Waals surface area contributed by atoms with Crippen LogP contribution in [0.5, 0.6) is 0 Å². The number of carbonyl (C=O) groups is 2. The van der Waals surface area contributed by atoms with E-state index in [1.165, 1.54) is 6.08 Å². The summed E-state index contributed by atoms with van der Waals surface area (Å²) in [5.41, 5.74) is 0.302. The summed E-state index contributed by atoms with van der Waals surface area (Å²) in [5, 5.41) is 2.73. The Kier molecular flexibility index (Phi) is 1.68. The zero-order valence-electron chi connectivity index (χ0n) is 8.40. The molecule has 0 bridgehead atoms. The number of esters is 1. The number of fused-ring (bicyclic) bond motifs is 2. The van der Waals surface area contributed by atoms with Crippen molar-refractivity contribution in [2.45, 2.75) is 12.0 Å². The Labute approximate surface area is 91.9 Å². The van der Waals surface area contributed by atoms with E-state index >= 15 is 0 Å². The van der Waals surface area contributed by atoms with Gasteiger partial charge in [-0.25, -0.2) is 4.79 Å². The van der Waals surface area contributed by atoms with Crippen LogP contribution in [0.15, 0.2) is 36.4 Å². The lowest BCUT2D eigenvalue weighted by atomic mass is 9.90. The van der Waals surface area contributed by atoms with Gasteiger partial charge in [0.1, 0.15) is 0 Å². The Balaban J connectivity index is 2.18. The van der Waals surface area contributed by atoms with E-state index in [9.17, 15) is 9.59 Å². The average Bonchev–Trinajstić information content (AvgIpc) is 2.53. The van der Waals surface area contributed by atoms with Gasteiger partial charge in [0.05, 0.1) is 0 Å². The molecule has 0 aromatic heterocycles. The predicted octanol–water partition coefficient (Wildman–Crippen LogP) is 1.34. The van der Waals surface area contributed by atoms with Crippen LogP contribution in [0.3, 0.4) is 0 Å². The van der Waals surface area contributed by atoms with Crippen molar-refractivity contribution in [3.8, 4) is 0 Å². The molecule has 0 saturated heterocycles. The smallest absolute Gasteiger partial charge is 0.331 e. The maximum absolute atomic E-state index is 11.9. The molecule has 4 nitrogen and oxygen atoms in total. The van der Waals surface area contributed by atoms with E-state index in [-0.39, 0.29) is 5.91 Å². The Morgan fingerprint density at radius 2 is 2.06 bits per heavy atom. The first kappa shape index (κ1) is 9.15. The van der Waals surface area contributed by atoms with Crippen LogP contribution in [0.2, 0.25) is 0 Å². The molecule has 1 N–H and O–H groups in total. The molecule has 2 heterocycles. The largest absolute Gasteiger partial charge is 0.440 e. The fourth-order valence-corrected chi connectivity index (χ4v) is 2.16. The fraction of sp³-hybridized carbons (Fsp3) is 0.167. The highest BCUT2D eigenvalue weighted by Gasteiger charge is 2.50. The van der Waals surface area contributed by atoms with Crippen LogP contribution in [0.1, 0.15) is 12.0 Å². The molecule has 1 aromatic carbocycles. The van der Waals surface area contributed by atoms with Crippen molar-refractivity contribution in [3.05, 3.63) is 42.0 Å². The molecule has 16 heavy (non-hydrogen) atoms. The van der Waals surface area contributed by atoms with Crippen molar-refractivity contribution in [1.82, 2.24) is 0 Å². The minimum absolute atomic E-state index is 0.272. The number of ether oxygens (including phenoxy) is 1. The molecule has 1 amide bonds. The van der Waals surface area contributed by atoms with Gasteiger partial charge in [0, 0.05) is 23.7 Å². The Hall–Kier alpha value is -2.10. The summed E-state index contributed by atoms with van der Waals surface area (Å²) in [7, 11) is 0. The highest BCUT2D eigenvalue weighted by Crippen LogP contribution is 2.42. The standard InChI is InChI=1S/C12H9NO3/c14-10-6-3-7-12(16-10)8-4-1-2-5-9(8)13-11(12)15/h1-6H,7H2,(H,13,15)/t12-/m1/s1. The molecule has 2 aliphatic rings. The highest BCUT2D eigenvalue weighted by molar-refractivity contribution is 6.07. The number of para-hydroxylation sites is 1. The lowest BCUT2D eigenvalue weighted by molar-refractivity contribution is -0.163. The summed E-state index contributed by atoms with van der Waals surface area (Å²) >= 11 is 0. The maximum atomic E-state index is 11.9. The lowest BCUT2D eigenvalue weighted by Gasteiger charge is -2.28. The number of hydrogen-bond acceptors (Lipinski definition) is 3. The quantitative estimate of drug-likeness (QED) is 0.664. The second kappa shape index (κ2) is 2.95. The number of rotatable bonds is 0. The maximum Gasteiger partial charge on any atom is 0.331 e. The third kappa shape index (κ3) is 1.04. The summed E-state index contributed by atoms with van der Waals surface area (Å²) in [6.45, 7) is 0. The van der Waals surface area contributed by atoms with E-state index in [1.54, 1.807) is 18.2 Å². The van der Waals surface area contributed by atoms with Gasteiger partial charge in [-0.3, -0.25) is 4.79 Å². The Morgan fingerprint density at radius 3 is 2.88 bits per heavy atom. The number of amides is 1. The lowest BCUT2D eigenvalue weighted by Crippen LogP contribution is -2.40. The van der Waals surface area contributed by atoms with Crippen molar-refractivity contribution in [2.75, 3.05) is 5.32 Å². The minimum atomic E-state index is -1.15. The summed E-state index contributed by atoms with van der Waals surface area (Å²) in [6.07, 6.45) is 3.41. The molecule has 1 spiro atoms. The van der Waals surface area contributed by atoms with Crippen LogP contribution in [0.4, 0.5) is 5.69 Å². The molecule has 3 rings (SSSR count). The molecule has 0 unspecified atom stereocenters. The van der Waals surface area contributed by atoms with E-state index in [0.29, 0.717) is 6.42 Å². The Bertz CT molecular complexity index is 521. The van der Waals surface area contributed by atoms with Crippen molar-refractivity contribution < 1.29 is 14.3 Å². The molecule has 0 aliphatic carbocycles. The van der Waals surface area contributed by atoms with Crippen molar-refractivity contribution in [3.63, 3.8) is 0 Å². The second-order valence-electron chi connectivity index (χ2n) is 3.85. The summed E-state index contributed by atoms with van der Waals surface area (Å²) in [6, 6.07) is 7.26. The highest BCUT2D eigenvalue weighted by atomic mass is 16.6. The van der Waals surface area contributed by atoms with Crippen LogP contribution in [0, 0.1) is 0 Å². The third-order valence-electron chi connectivity index (χ3n) is 2.91. The number of hydrogen-bond donors (Lipinski definition) is 1. The monoisotopic (exact) mass is 215 g/mol. The fourth-order valence-electron chi connectivity index (χ4n) is 2.16. The van der Waals surface area contributed by atoms with Crippen LogP contribution in [-0.2, 0) is 19.9 Å². The van der Waals surface area contributed by atoms with Gasteiger partial charge in [-0.15, -0.1) is 0 Å². The molecule has 2 aliphatic heterocycles. The van der Waals surface area contributed by atoms with E-state index < -0.39 is 11.6 Å². The number of benzene rings is 1. The topological polar surface area (TPSA) is 55.4 Å². The van der Waals surface area contributed by atoms with Crippen LogP contribution in [-0.4, -0.2) is 11.9 Å². The zero-order valence-corrected chi connectivity index (χ0v) is 8.40. The molecule has 0 saturated carbocycles. The van der Waals surface area contributed by atoms with Crippen LogP contribution >= 0.6 is 0 Å². The first-order valence-electron chi connectivity index (χ1n) is 5.03. The molecular formula is C12H9NO3. The zero-order chi connectivity index (χ0) is 11.2. The first-order valence-corrected chi connectivity index (χ1v) is 5.03. The van der Waals surface area contributed by atoms with Crippen LogP contribution < -0.4 is 5.32 Å². The predicted molar refractivity (Wildman–Crippen MR) is 56.6 cm³/mol. The van der Waals surface area contributed by atoms with Crippen molar-refractivity contribution in [1.29, 1.82) is 0 Å². The van der Waals surface area contributed by atoms with Gasteiger partial charge in [0.25, 0.3) is 5.91 Å². The van der Waals surface area contributed by atoms with Gasteiger partial charge in [-0.2, -0.15) is 0 Å². The summed E-state index contributed by atoms with van der Waals surface area (Å²) < 4.78 is 5.24. The Morgan fingerprint density at radius 1 is 1.25 bits per heavy atom. The summed E-state index contributed by atoms with van der Waals surface area (Å²) in [4.78, 5) is 23.2. The molecule has 4 heteroatoms. The van der Waals surface area contributed by atoms with Gasteiger partial charge in [0.2, 0.25) is 5.60 Å². The first-order chi connectivity index (χ1) is 7.72. The van der Waals surface area contributed by atoms with E-state index in [4.69, 9.17) is 4.74 Å². The molecule has 0 fully saturated rings. The molecule has 1 aromatic rings. The van der Waals surface area contributed by atoms with Crippen molar-refractivity contribution >= 4 is 17.6 Å². The third-order valence-corrected chi connectivity index (χ3v) is 2.91. The van der Waals surface area contributed by atoms with E-state index in [2.05, 4.69) is 5.32 Å². The number of nitrogens with one attached hydrogen (secondary N) is 1. The second-order valence-corrected chi connectivity index (χ2v) is 3.85. The minimum Gasteiger partial charge on any atom is -0.440 e. The molecular weight excluding hydrogens is 206 g/mol. The SMILES string of the molecule is O=C1C=CC[C@]2(O1)C(=O)Nc1ccccc12. The van der Waals surface area contributed by atoms with Crippen LogP contribution in [0.25, 0.3) is 0 Å². The number of carbonyl (C=O) groups excluding carboxylic acids is 2. The molecule has 0 radical (unpaired) electrons. The van der Waals surface area contributed by atoms with Gasteiger partial charge < -0.3 is 10.1 Å². The average molecular weight is 215 g/mol. The van der Waals surface area contributed by atoms with Gasteiger partial charge in [-0.05, 0) is 6.07 Å². The molecule has 1 atom stereocenters.